The van der Waals surface area contributed by atoms with E-state index in [4.69, 9.17) is 5.73 Å². The molecular weight excluding hydrogens is 214 g/mol. The zero-order valence-corrected chi connectivity index (χ0v) is 11.6. The highest BCUT2D eigenvalue weighted by Gasteiger charge is 2.06. The lowest BCUT2D eigenvalue weighted by atomic mass is 10.1. The Morgan fingerprint density at radius 2 is 1.69 bits per heavy atom. The molecule has 1 nitrogen and oxygen atoms in total. The van der Waals surface area contributed by atoms with Gasteiger partial charge < -0.3 is 5.73 Å². The lowest BCUT2D eigenvalue weighted by Gasteiger charge is -2.14. The number of thioether (sulfide) groups is 1. The fraction of sp³-hybridized carbons (Fsp3) is 0.571. The minimum Gasteiger partial charge on any atom is -0.328 e. The zero-order valence-electron chi connectivity index (χ0n) is 10.8. The molecule has 1 rings (SSSR count). The molecule has 2 atom stereocenters. The Bertz CT molecular complexity index is 313. The molecule has 16 heavy (non-hydrogen) atoms. The van der Waals surface area contributed by atoms with Crippen molar-refractivity contribution < 1.29 is 0 Å². The van der Waals surface area contributed by atoms with Crippen LogP contribution in [0.3, 0.4) is 0 Å². The number of nitrogens with two attached hydrogens (primary N) is 1. The van der Waals surface area contributed by atoms with E-state index in [2.05, 4.69) is 45.9 Å². The predicted molar refractivity (Wildman–Crippen MR) is 74.9 cm³/mol. The monoisotopic (exact) mass is 237 g/mol. The number of hydrogen-bond donors (Lipinski definition) is 1. The number of benzene rings is 1. The molecule has 0 fully saturated rings. The summed E-state index contributed by atoms with van der Waals surface area (Å²) >= 11 is 2.00. The van der Waals surface area contributed by atoms with Crippen LogP contribution in [0.4, 0.5) is 0 Å². The third-order valence-corrected chi connectivity index (χ3v) is 3.78. The molecule has 0 radical (unpaired) electrons. The van der Waals surface area contributed by atoms with Gasteiger partial charge >= 0.3 is 0 Å². The Morgan fingerprint density at radius 1 is 1.12 bits per heavy atom. The van der Waals surface area contributed by atoms with Crippen LogP contribution in [-0.4, -0.2) is 11.3 Å². The van der Waals surface area contributed by atoms with Gasteiger partial charge in [0.15, 0.2) is 0 Å². The Hall–Kier alpha value is -0.470. The van der Waals surface area contributed by atoms with E-state index in [1.54, 1.807) is 0 Å². The van der Waals surface area contributed by atoms with Gasteiger partial charge in [0.05, 0.1) is 0 Å². The molecule has 2 heteroatoms. The summed E-state index contributed by atoms with van der Waals surface area (Å²) in [5.74, 6) is 1.09. The molecule has 0 aromatic heterocycles. The fourth-order valence-electron chi connectivity index (χ4n) is 1.98. The summed E-state index contributed by atoms with van der Waals surface area (Å²) in [7, 11) is 0. The maximum atomic E-state index is 5.80. The van der Waals surface area contributed by atoms with Crippen LogP contribution in [0.5, 0.6) is 0 Å². The largest absolute Gasteiger partial charge is 0.328 e. The van der Waals surface area contributed by atoms with Gasteiger partial charge in [0.25, 0.3) is 0 Å². The van der Waals surface area contributed by atoms with Crippen molar-refractivity contribution in [3.63, 3.8) is 0 Å². The van der Waals surface area contributed by atoms with Crippen LogP contribution in [0.15, 0.2) is 18.2 Å². The van der Waals surface area contributed by atoms with E-state index in [-0.39, 0.29) is 0 Å². The maximum absolute atomic E-state index is 5.80. The van der Waals surface area contributed by atoms with E-state index >= 15 is 0 Å². The minimum atomic E-state index is 0.307. The van der Waals surface area contributed by atoms with Crippen molar-refractivity contribution in [3.05, 3.63) is 34.9 Å². The molecule has 1 aromatic carbocycles. The molecule has 0 saturated carbocycles. The molecule has 1 aromatic rings. The van der Waals surface area contributed by atoms with Crippen LogP contribution in [-0.2, 0) is 5.75 Å². The van der Waals surface area contributed by atoms with E-state index in [0.29, 0.717) is 11.3 Å². The molecule has 0 saturated heterocycles. The van der Waals surface area contributed by atoms with Gasteiger partial charge in [-0.2, -0.15) is 11.8 Å². The lowest BCUT2D eigenvalue weighted by Crippen LogP contribution is -2.19. The fourth-order valence-corrected chi connectivity index (χ4v) is 3.07. The minimum absolute atomic E-state index is 0.307. The van der Waals surface area contributed by atoms with Crippen LogP contribution in [0.2, 0.25) is 0 Å². The molecular formula is C14H23NS. The summed E-state index contributed by atoms with van der Waals surface area (Å²) < 4.78 is 0. The van der Waals surface area contributed by atoms with Crippen LogP contribution >= 0.6 is 11.8 Å². The van der Waals surface area contributed by atoms with Crippen molar-refractivity contribution in [1.82, 2.24) is 0 Å². The smallest absolute Gasteiger partial charge is 0.0187 e. The summed E-state index contributed by atoms with van der Waals surface area (Å²) in [5.41, 5.74) is 9.94. The third-order valence-electron chi connectivity index (χ3n) is 2.52. The normalized spacial score (nSPS) is 14.8. The second kappa shape index (κ2) is 6.31. The van der Waals surface area contributed by atoms with Crippen molar-refractivity contribution in [2.45, 2.75) is 51.2 Å². The van der Waals surface area contributed by atoms with Crippen molar-refractivity contribution in [3.8, 4) is 0 Å². The predicted octanol–water partition coefficient (Wildman–Crippen LogP) is 3.66. The first kappa shape index (κ1) is 13.6. The van der Waals surface area contributed by atoms with Crippen molar-refractivity contribution in [2.75, 3.05) is 0 Å². The molecule has 0 aliphatic rings. The Morgan fingerprint density at radius 3 is 2.19 bits per heavy atom. The molecule has 90 valence electrons. The highest BCUT2D eigenvalue weighted by Crippen LogP contribution is 2.22. The standard InChI is InChI=1S/C14H23NS/c1-10-5-11(2)7-14(6-10)9-16-13(4)8-12(3)15/h5-7,12-13H,8-9,15H2,1-4H3. The first-order valence-corrected chi connectivity index (χ1v) is 6.96. The van der Waals surface area contributed by atoms with Gasteiger partial charge in [0.1, 0.15) is 0 Å². The molecule has 2 unspecified atom stereocenters. The zero-order chi connectivity index (χ0) is 12.1. The summed E-state index contributed by atoms with van der Waals surface area (Å²) in [6.45, 7) is 8.66. The van der Waals surface area contributed by atoms with Gasteiger partial charge in [-0.05, 0) is 32.8 Å². The third kappa shape index (κ3) is 5.04. The Balaban J connectivity index is 2.48. The highest BCUT2D eigenvalue weighted by atomic mass is 32.2. The average molecular weight is 237 g/mol. The van der Waals surface area contributed by atoms with Crippen LogP contribution in [0.1, 0.15) is 37.0 Å². The van der Waals surface area contributed by atoms with E-state index in [0.717, 1.165) is 12.2 Å². The van der Waals surface area contributed by atoms with Crippen molar-refractivity contribution >= 4 is 11.8 Å². The molecule has 2 N–H and O–H groups in total. The van der Waals surface area contributed by atoms with Gasteiger partial charge in [-0.1, -0.05) is 36.2 Å². The first-order valence-electron chi connectivity index (χ1n) is 5.91. The van der Waals surface area contributed by atoms with Gasteiger partial charge in [-0.3, -0.25) is 0 Å². The second-order valence-corrected chi connectivity index (χ2v) is 6.26. The summed E-state index contributed by atoms with van der Waals surface area (Å²) in [6.07, 6.45) is 1.09. The van der Waals surface area contributed by atoms with Crippen LogP contribution in [0, 0.1) is 13.8 Å². The maximum Gasteiger partial charge on any atom is 0.0187 e. The van der Waals surface area contributed by atoms with Gasteiger partial charge in [0.2, 0.25) is 0 Å². The van der Waals surface area contributed by atoms with Crippen LogP contribution in [0.25, 0.3) is 0 Å². The summed E-state index contributed by atoms with van der Waals surface area (Å²) in [5, 5.41) is 0.640. The van der Waals surface area contributed by atoms with Gasteiger partial charge in [-0.25, -0.2) is 0 Å². The number of hydrogen-bond acceptors (Lipinski definition) is 2. The number of aryl methyl sites for hydroxylation is 2. The Labute approximate surface area is 104 Å². The Kier molecular flexibility index (Phi) is 5.36. The van der Waals surface area contributed by atoms with Gasteiger partial charge in [0, 0.05) is 17.0 Å². The molecule has 0 heterocycles. The molecule has 0 aliphatic heterocycles. The van der Waals surface area contributed by atoms with E-state index in [1.807, 2.05) is 11.8 Å². The van der Waals surface area contributed by atoms with E-state index in [9.17, 15) is 0 Å². The quantitative estimate of drug-likeness (QED) is 0.845. The SMILES string of the molecule is Cc1cc(C)cc(CSC(C)CC(C)N)c1. The van der Waals surface area contributed by atoms with E-state index in [1.165, 1.54) is 16.7 Å². The average Bonchev–Trinajstić information content (AvgIpc) is 2.12. The van der Waals surface area contributed by atoms with Crippen molar-refractivity contribution in [2.24, 2.45) is 5.73 Å². The first-order chi connectivity index (χ1) is 7.47. The molecule has 0 bridgehead atoms. The second-order valence-electron chi connectivity index (χ2n) is 4.83. The topological polar surface area (TPSA) is 26.0 Å². The molecule has 0 amide bonds. The highest BCUT2D eigenvalue weighted by molar-refractivity contribution is 7.99. The summed E-state index contributed by atoms with van der Waals surface area (Å²) in [6, 6.07) is 7.08. The van der Waals surface area contributed by atoms with E-state index < -0.39 is 0 Å². The van der Waals surface area contributed by atoms with Gasteiger partial charge in [-0.15, -0.1) is 0 Å². The van der Waals surface area contributed by atoms with Crippen molar-refractivity contribution in [1.29, 1.82) is 0 Å². The number of rotatable bonds is 5. The summed E-state index contributed by atoms with van der Waals surface area (Å²) in [4.78, 5) is 0. The lowest BCUT2D eigenvalue weighted by molar-refractivity contribution is 0.663. The molecule has 0 spiro atoms. The van der Waals surface area contributed by atoms with Crippen LogP contribution < -0.4 is 5.73 Å². The molecule has 0 aliphatic carbocycles.